The molecule has 2 heteroatoms. The van der Waals surface area contributed by atoms with Gasteiger partial charge in [0.2, 0.25) is 0 Å². The number of hydrogen-bond donors (Lipinski definition) is 0. The first kappa shape index (κ1) is 16.0. The van der Waals surface area contributed by atoms with E-state index in [9.17, 15) is 0 Å². The summed E-state index contributed by atoms with van der Waals surface area (Å²) < 4.78 is 5.67. The van der Waals surface area contributed by atoms with Gasteiger partial charge in [0.15, 0.2) is 0 Å². The monoisotopic (exact) mass is 372 g/mol. The van der Waals surface area contributed by atoms with Crippen LogP contribution in [0, 0.1) is 0 Å². The summed E-state index contributed by atoms with van der Waals surface area (Å²) in [5.74, 6) is 0. The quantitative estimate of drug-likeness (QED) is 0.278. The van der Waals surface area contributed by atoms with Crippen LogP contribution >= 0.6 is 22.7 Å². The average molecular weight is 373 g/mol. The van der Waals surface area contributed by atoms with Gasteiger partial charge in [0.25, 0.3) is 0 Å². The lowest BCUT2D eigenvalue weighted by Gasteiger charge is -2.18. The molecule has 3 aromatic carbocycles. The molecule has 0 unspecified atom stereocenters. The minimum Gasteiger partial charge on any atom is -0.134 e. The van der Waals surface area contributed by atoms with Gasteiger partial charge in [-0.2, -0.15) is 0 Å². The minimum atomic E-state index is 0.193. The van der Waals surface area contributed by atoms with E-state index in [1.807, 2.05) is 22.7 Å². The molecule has 0 radical (unpaired) electrons. The number of hydrogen-bond acceptors (Lipinski definition) is 2. The van der Waals surface area contributed by atoms with Gasteiger partial charge in [-0.15, -0.1) is 22.7 Å². The molecular formula is C24H20S2. The van der Waals surface area contributed by atoms with Crippen molar-refractivity contribution < 1.29 is 0 Å². The second-order valence-electron chi connectivity index (χ2n) is 7.90. The van der Waals surface area contributed by atoms with Crippen molar-refractivity contribution in [1.82, 2.24) is 0 Å². The molecule has 5 rings (SSSR count). The van der Waals surface area contributed by atoms with Gasteiger partial charge in [0, 0.05) is 20.2 Å². The molecule has 0 fully saturated rings. The van der Waals surface area contributed by atoms with Gasteiger partial charge < -0.3 is 0 Å². The van der Waals surface area contributed by atoms with Crippen LogP contribution in [-0.2, 0) is 5.41 Å². The molecule has 2 aromatic heterocycles. The summed E-state index contributed by atoms with van der Waals surface area (Å²) in [4.78, 5) is 0. The molecule has 26 heavy (non-hydrogen) atoms. The standard InChI is InChI=1S/C24H20S2/c1-24(2,3)17-10-12-19-21(14-17)26-22-18-11-9-16(13-20(18)25-23(19)22)15-7-5-4-6-8-15/h4-14H,1-3H3. The van der Waals surface area contributed by atoms with Crippen LogP contribution in [0.2, 0.25) is 0 Å². The van der Waals surface area contributed by atoms with Crippen LogP contribution in [0.3, 0.4) is 0 Å². The van der Waals surface area contributed by atoms with Gasteiger partial charge in [-0.05, 0) is 34.2 Å². The SMILES string of the molecule is CC(C)(C)c1ccc2c(c1)sc1c3ccc(-c4ccccc4)cc3sc21. The summed E-state index contributed by atoms with van der Waals surface area (Å²) in [5.41, 5.74) is 4.19. The van der Waals surface area contributed by atoms with Gasteiger partial charge in [-0.1, -0.05) is 75.4 Å². The topological polar surface area (TPSA) is 0 Å². The smallest absolute Gasteiger partial charge is 0.0542 e. The first-order chi connectivity index (χ1) is 12.5. The summed E-state index contributed by atoms with van der Waals surface area (Å²) in [6.07, 6.45) is 0. The van der Waals surface area contributed by atoms with Crippen molar-refractivity contribution in [2.24, 2.45) is 0 Å². The van der Waals surface area contributed by atoms with Crippen LogP contribution in [0.5, 0.6) is 0 Å². The zero-order valence-electron chi connectivity index (χ0n) is 15.2. The Kier molecular flexibility index (Phi) is 3.50. The summed E-state index contributed by atoms with van der Waals surface area (Å²) in [7, 11) is 0. The van der Waals surface area contributed by atoms with Crippen molar-refractivity contribution in [1.29, 1.82) is 0 Å². The zero-order valence-corrected chi connectivity index (χ0v) is 16.8. The molecule has 2 heterocycles. The minimum absolute atomic E-state index is 0.193. The normalized spacial score (nSPS) is 12.4. The Morgan fingerprint density at radius 1 is 0.615 bits per heavy atom. The second-order valence-corrected chi connectivity index (χ2v) is 10.0. The van der Waals surface area contributed by atoms with E-state index in [1.165, 1.54) is 46.3 Å². The fraction of sp³-hybridized carbons (Fsp3) is 0.167. The Bertz CT molecular complexity index is 1250. The molecule has 5 aromatic rings. The lowest BCUT2D eigenvalue weighted by atomic mass is 9.87. The van der Waals surface area contributed by atoms with Crippen molar-refractivity contribution in [3.05, 3.63) is 72.3 Å². The van der Waals surface area contributed by atoms with Gasteiger partial charge in [0.1, 0.15) is 0 Å². The molecular weight excluding hydrogens is 352 g/mol. The highest BCUT2D eigenvalue weighted by molar-refractivity contribution is 7.36. The fourth-order valence-corrected chi connectivity index (χ4v) is 6.26. The van der Waals surface area contributed by atoms with Crippen LogP contribution in [0.1, 0.15) is 26.3 Å². The van der Waals surface area contributed by atoms with Gasteiger partial charge in [0.05, 0.1) is 9.40 Å². The largest absolute Gasteiger partial charge is 0.134 e. The Morgan fingerprint density at radius 2 is 1.23 bits per heavy atom. The third-order valence-corrected chi connectivity index (χ3v) is 7.56. The average Bonchev–Trinajstić information content (AvgIpc) is 3.16. The predicted octanol–water partition coefficient (Wildman–Crippen LogP) is 8.23. The number of thiophene rings is 2. The number of rotatable bonds is 1. The summed E-state index contributed by atoms with van der Waals surface area (Å²) >= 11 is 3.87. The Balaban J connectivity index is 1.72. The van der Waals surface area contributed by atoms with E-state index >= 15 is 0 Å². The van der Waals surface area contributed by atoms with Crippen molar-refractivity contribution in [3.8, 4) is 11.1 Å². The van der Waals surface area contributed by atoms with E-state index in [0.717, 1.165) is 0 Å². The van der Waals surface area contributed by atoms with Crippen LogP contribution in [0.4, 0.5) is 0 Å². The molecule has 0 aliphatic rings. The van der Waals surface area contributed by atoms with Crippen LogP contribution in [0.15, 0.2) is 66.7 Å². The van der Waals surface area contributed by atoms with E-state index in [1.54, 1.807) is 0 Å². The number of fused-ring (bicyclic) bond motifs is 5. The molecule has 0 aliphatic carbocycles. The van der Waals surface area contributed by atoms with Gasteiger partial charge >= 0.3 is 0 Å². The fourth-order valence-electron chi connectivity index (χ4n) is 3.53. The van der Waals surface area contributed by atoms with E-state index < -0.39 is 0 Å². The summed E-state index contributed by atoms with van der Waals surface area (Å²) in [6, 6.07) is 24.6. The second kappa shape index (κ2) is 5.67. The van der Waals surface area contributed by atoms with Crippen LogP contribution in [0.25, 0.3) is 40.7 Å². The highest BCUT2D eigenvalue weighted by Crippen LogP contribution is 2.45. The summed E-state index contributed by atoms with van der Waals surface area (Å²) in [6.45, 7) is 6.85. The van der Waals surface area contributed by atoms with Crippen molar-refractivity contribution in [2.45, 2.75) is 26.2 Å². The van der Waals surface area contributed by atoms with E-state index in [-0.39, 0.29) is 5.41 Å². The van der Waals surface area contributed by atoms with Crippen molar-refractivity contribution >= 4 is 52.2 Å². The molecule has 0 atom stereocenters. The van der Waals surface area contributed by atoms with Gasteiger partial charge in [-0.25, -0.2) is 0 Å². The van der Waals surface area contributed by atoms with Crippen LogP contribution < -0.4 is 0 Å². The maximum absolute atomic E-state index is 2.39. The summed E-state index contributed by atoms with van der Waals surface area (Å²) in [5, 5.41) is 2.80. The first-order valence-corrected chi connectivity index (χ1v) is 10.6. The third-order valence-electron chi connectivity index (χ3n) is 5.06. The van der Waals surface area contributed by atoms with Gasteiger partial charge in [-0.3, -0.25) is 0 Å². The molecule has 0 saturated heterocycles. The molecule has 0 spiro atoms. The molecule has 0 bridgehead atoms. The molecule has 0 saturated carbocycles. The Labute approximate surface area is 161 Å². The lowest BCUT2D eigenvalue weighted by Crippen LogP contribution is -2.10. The molecule has 0 aliphatic heterocycles. The highest BCUT2D eigenvalue weighted by atomic mass is 32.1. The maximum atomic E-state index is 2.39. The van der Waals surface area contributed by atoms with Crippen LogP contribution in [-0.4, -0.2) is 0 Å². The molecule has 0 nitrogen and oxygen atoms in total. The molecule has 0 amide bonds. The first-order valence-electron chi connectivity index (χ1n) is 8.95. The Hall–Kier alpha value is -2.16. The molecule has 128 valence electrons. The number of benzene rings is 3. The van der Waals surface area contributed by atoms with Crippen molar-refractivity contribution in [2.75, 3.05) is 0 Å². The lowest BCUT2D eigenvalue weighted by molar-refractivity contribution is 0.591. The maximum Gasteiger partial charge on any atom is 0.0542 e. The van der Waals surface area contributed by atoms with E-state index in [0.29, 0.717) is 0 Å². The molecule has 0 N–H and O–H groups in total. The Morgan fingerprint density at radius 3 is 1.88 bits per heavy atom. The predicted molar refractivity (Wildman–Crippen MR) is 119 cm³/mol. The third kappa shape index (κ3) is 2.48. The van der Waals surface area contributed by atoms with E-state index in [4.69, 9.17) is 0 Å². The zero-order chi connectivity index (χ0) is 17.9. The van der Waals surface area contributed by atoms with Crippen molar-refractivity contribution in [3.63, 3.8) is 0 Å². The highest BCUT2D eigenvalue weighted by Gasteiger charge is 2.17. The van der Waals surface area contributed by atoms with E-state index in [2.05, 4.69) is 87.5 Å².